The summed E-state index contributed by atoms with van der Waals surface area (Å²) in [6, 6.07) is 11.8. The number of hydrogen-bond donors (Lipinski definition) is 1. The summed E-state index contributed by atoms with van der Waals surface area (Å²) in [6.45, 7) is 1.40. The molecule has 1 aliphatic heterocycles. The zero-order chi connectivity index (χ0) is 15.6. The molecule has 22 heavy (non-hydrogen) atoms. The second-order valence-corrected chi connectivity index (χ2v) is 7.35. The zero-order valence-corrected chi connectivity index (χ0v) is 13.4. The summed E-state index contributed by atoms with van der Waals surface area (Å²) in [5.41, 5.74) is 0. The van der Waals surface area contributed by atoms with E-state index in [9.17, 15) is 8.42 Å². The lowest BCUT2D eigenvalue weighted by Crippen LogP contribution is -2.37. The summed E-state index contributed by atoms with van der Waals surface area (Å²) in [4.78, 5) is 6.60. The molecule has 1 fully saturated rings. The van der Waals surface area contributed by atoms with E-state index in [0.29, 0.717) is 11.6 Å². The molecule has 1 aromatic carbocycles. The maximum Gasteiger partial charge on any atom is 0.240 e. The fourth-order valence-corrected chi connectivity index (χ4v) is 3.89. The fourth-order valence-electron chi connectivity index (χ4n) is 2.51. The molecular formula is C15H16ClN3O2S. The van der Waals surface area contributed by atoms with Gasteiger partial charge in [0.05, 0.1) is 4.90 Å². The van der Waals surface area contributed by atoms with Crippen LogP contribution in [-0.4, -0.2) is 32.5 Å². The normalized spacial score (nSPS) is 18.6. The standard InChI is InChI=1S/C15H16ClN3O2S/c16-12-4-6-14(7-5-12)22(20,21)18-13-8-10-19(11-13)15-3-1-2-9-17-15/h1-7,9,13,18H,8,10-11H2. The van der Waals surface area contributed by atoms with Gasteiger partial charge in [0.1, 0.15) is 5.82 Å². The number of rotatable bonds is 4. The number of pyridine rings is 1. The highest BCUT2D eigenvalue weighted by atomic mass is 35.5. The van der Waals surface area contributed by atoms with Crippen molar-refractivity contribution in [3.63, 3.8) is 0 Å². The van der Waals surface area contributed by atoms with Crippen LogP contribution in [0.2, 0.25) is 5.02 Å². The maximum absolute atomic E-state index is 12.4. The van der Waals surface area contributed by atoms with Gasteiger partial charge in [-0.15, -0.1) is 0 Å². The molecule has 1 aliphatic rings. The summed E-state index contributed by atoms with van der Waals surface area (Å²) in [5.74, 6) is 0.871. The van der Waals surface area contributed by atoms with Crippen LogP contribution in [0.1, 0.15) is 6.42 Å². The minimum absolute atomic E-state index is 0.123. The molecule has 1 saturated heterocycles. The molecule has 3 rings (SSSR count). The molecule has 2 aromatic rings. The van der Waals surface area contributed by atoms with Gasteiger partial charge in [-0.2, -0.15) is 0 Å². The number of sulfonamides is 1. The Kier molecular flexibility index (Phi) is 4.33. The first kappa shape index (κ1) is 15.3. The summed E-state index contributed by atoms with van der Waals surface area (Å²) >= 11 is 5.79. The highest BCUT2D eigenvalue weighted by Crippen LogP contribution is 2.20. The van der Waals surface area contributed by atoms with E-state index < -0.39 is 10.0 Å². The van der Waals surface area contributed by atoms with E-state index in [0.717, 1.165) is 18.8 Å². The van der Waals surface area contributed by atoms with Crippen molar-refractivity contribution in [2.75, 3.05) is 18.0 Å². The molecule has 1 unspecified atom stereocenters. The summed E-state index contributed by atoms with van der Waals surface area (Å²) < 4.78 is 27.5. The van der Waals surface area contributed by atoms with E-state index >= 15 is 0 Å². The van der Waals surface area contributed by atoms with E-state index in [1.165, 1.54) is 12.1 Å². The highest BCUT2D eigenvalue weighted by Gasteiger charge is 2.27. The van der Waals surface area contributed by atoms with E-state index in [1.807, 2.05) is 18.2 Å². The van der Waals surface area contributed by atoms with Crippen LogP contribution in [0.3, 0.4) is 0 Å². The molecule has 0 amide bonds. The molecule has 7 heteroatoms. The van der Waals surface area contributed by atoms with Crippen LogP contribution in [0.4, 0.5) is 5.82 Å². The van der Waals surface area contributed by atoms with Crippen LogP contribution in [0, 0.1) is 0 Å². The third-order valence-electron chi connectivity index (χ3n) is 3.61. The molecule has 0 aliphatic carbocycles. The number of nitrogens with zero attached hydrogens (tertiary/aromatic N) is 2. The predicted molar refractivity (Wildman–Crippen MR) is 86.6 cm³/mol. The van der Waals surface area contributed by atoms with Crippen LogP contribution in [-0.2, 0) is 10.0 Å². The average molecular weight is 338 g/mol. The molecular weight excluding hydrogens is 322 g/mol. The first-order valence-corrected chi connectivity index (χ1v) is 8.84. The third-order valence-corrected chi connectivity index (χ3v) is 5.40. The van der Waals surface area contributed by atoms with Crippen LogP contribution >= 0.6 is 11.6 Å². The van der Waals surface area contributed by atoms with Crippen molar-refractivity contribution in [2.45, 2.75) is 17.4 Å². The van der Waals surface area contributed by atoms with Gasteiger partial charge in [-0.05, 0) is 42.8 Å². The topological polar surface area (TPSA) is 62.3 Å². The molecule has 0 saturated carbocycles. The Bertz CT molecular complexity index is 735. The lowest BCUT2D eigenvalue weighted by Gasteiger charge is -2.17. The van der Waals surface area contributed by atoms with E-state index in [-0.39, 0.29) is 10.9 Å². The monoisotopic (exact) mass is 337 g/mol. The van der Waals surface area contributed by atoms with Crippen molar-refractivity contribution in [2.24, 2.45) is 0 Å². The lowest BCUT2D eigenvalue weighted by molar-refractivity contribution is 0.561. The Morgan fingerprint density at radius 3 is 2.64 bits per heavy atom. The molecule has 1 aromatic heterocycles. The Hall–Kier alpha value is -1.63. The molecule has 0 spiro atoms. The molecule has 0 bridgehead atoms. The van der Waals surface area contributed by atoms with Crippen LogP contribution < -0.4 is 9.62 Å². The zero-order valence-electron chi connectivity index (χ0n) is 11.8. The second kappa shape index (κ2) is 6.24. The van der Waals surface area contributed by atoms with Crippen LogP contribution in [0.25, 0.3) is 0 Å². The van der Waals surface area contributed by atoms with Crippen molar-refractivity contribution < 1.29 is 8.42 Å². The van der Waals surface area contributed by atoms with Crippen LogP contribution in [0.5, 0.6) is 0 Å². The van der Waals surface area contributed by atoms with Gasteiger partial charge in [0.25, 0.3) is 0 Å². The van der Waals surface area contributed by atoms with Gasteiger partial charge in [-0.25, -0.2) is 18.1 Å². The first-order chi connectivity index (χ1) is 10.5. The molecule has 1 N–H and O–H groups in total. The van der Waals surface area contributed by atoms with Gasteiger partial charge in [-0.3, -0.25) is 0 Å². The Morgan fingerprint density at radius 1 is 1.18 bits per heavy atom. The van der Waals surface area contributed by atoms with Gasteiger partial charge in [0.15, 0.2) is 0 Å². The fraction of sp³-hybridized carbons (Fsp3) is 0.267. The Balaban J connectivity index is 1.68. The van der Waals surface area contributed by atoms with E-state index in [4.69, 9.17) is 11.6 Å². The van der Waals surface area contributed by atoms with Crippen molar-refractivity contribution >= 4 is 27.4 Å². The van der Waals surface area contributed by atoms with Gasteiger partial charge in [0.2, 0.25) is 10.0 Å². The smallest absolute Gasteiger partial charge is 0.240 e. The molecule has 0 radical (unpaired) electrons. The van der Waals surface area contributed by atoms with Crippen LogP contribution in [0.15, 0.2) is 53.6 Å². The number of benzene rings is 1. The quantitative estimate of drug-likeness (QED) is 0.929. The van der Waals surface area contributed by atoms with Crippen molar-refractivity contribution in [1.82, 2.24) is 9.71 Å². The number of anilines is 1. The van der Waals surface area contributed by atoms with Crippen molar-refractivity contribution in [1.29, 1.82) is 0 Å². The average Bonchev–Trinajstić information content (AvgIpc) is 2.96. The summed E-state index contributed by atoms with van der Waals surface area (Å²) in [7, 11) is -3.52. The summed E-state index contributed by atoms with van der Waals surface area (Å²) in [5, 5.41) is 0.515. The molecule has 116 valence electrons. The third kappa shape index (κ3) is 3.40. The second-order valence-electron chi connectivity index (χ2n) is 5.19. The van der Waals surface area contributed by atoms with Crippen molar-refractivity contribution in [3.05, 3.63) is 53.7 Å². The van der Waals surface area contributed by atoms with E-state index in [1.54, 1.807) is 18.3 Å². The van der Waals surface area contributed by atoms with Crippen molar-refractivity contribution in [3.8, 4) is 0 Å². The summed E-state index contributed by atoms with van der Waals surface area (Å²) in [6.07, 6.45) is 2.49. The van der Waals surface area contributed by atoms with E-state index in [2.05, 4.69) is 14.6 Å². The SMILES string of the molecule is O=S(=O)(NC1CCN(c2ccccn2)C1)c1ccc(Cl)cc1. The predicted octanol–water partition coefficient (Wildman–Crippen LogP) is 2.29. The van der Waals surface area contributed by atoms with Gasteiger partial charge < -0.3 is 4.90 Å². The maximum atomic E-state index is 12.4. The highest BCUT2D eigenvalue weighted by molar-refractivity contribution is 7.89. The Morgan fingerprint density at radius 2 is 1.95 bits per heavy atom. The number of halogens is 1. The van der Waals surface area contributed by atoms with Gasteiger partial charge >= 0.3 is 0 Å². The number of nitrogens with one attached hydrogen (secondary N) is 1. The first-order valence-electron chi connectivity index (χ1n) is 6.98. The minimum atomic E-state index is -3.52. The molecule has 5 nitrogen and oxygen atoms in total. The van der Waals surface area contributed by atoms with Gasteiger partial charge in [0, 0.05) is 30.4 Å². The number of hydrogen-bond acceptors (Lipinski definition) is 4. The Labute approximate surface area is 135 Å². The molecule has 2 heterocycles. The number of aromatic nitrogens is 1. The lowest BCUT2D eigenvalue weighted by atomic mass is 10.3. The minimum Gasteiger partial charge on any atom is -0.355 e. The molecule has 1 atom stereocenters. The largest absolute Gasteiger partial charge is 0.355 e. The van der Waals surface area contributed by atoms with Gasteiger partial charge in [-0.1, -0.05) is 17.7 Å².